The summed E-state index contributed by atoms with van der Waals surface area (Å²) in [6.45, 7) is 11.1. The number of piperidine rings is 1. The first-order valence-corrected chi connectivity index (χ1v) is 28.4. The first-order chi connectivity index (χ1) is 37.4. The number of nitro groups is 1. The van der Waals surface area contributed by atoms with Gasteiger partial charge in [0.05, 0.1) is 41.9 Å². The molecule has 5 aliphatic rings. The molecule has 5 fully saturated rings. The fourth-order valence-electron chi connectivity index (χ4n) is 12.9. The molecule has 412 valence electrons. The molecule has 3 aliphatic carbocycles. The van der Waals surface area contributed by atoms with Crippen molar-refractivity contribution in [1.29, 1.82) is 0 Å². The zero-order valence-electron chi connectivity index (χ0n) is 44.6. The quantitative estimate of drug-likeness (QED) is 0.0493. The third kappa shape index (κ3) is 10.6. The monoisotopic (exact) mass is 1090 g/mol. The number of hydrogen-bond acceptors (Lipinski definition) is 16. The lowest BCUT2D eigenvalue weighted by atomic mass is 9.58. The van der Waals surface area contributed by atoms with Crippen LogP contribution in [-0.4, -0.2) is 119 Å². The molecule has 1 spiro atoms. The molecule has 4 N–H and O–H groups in total. The van der Waals surface area contributed by atoms with Gasteiger partial charge in [-0.15, -0.1) is 0 Å². The molecule has 0 radical (unpaired) electrons. The molecule has 1 amide bonds. The van der Waals surface area contributed by atoms with Gasteiger partial charge in [-0.3, -0.25) is 24.7 Å². The fourth-order valence-corrected chi connectivity index (χ4v) is 13.8. The van der Waals surface area contributed by atoms with Crippen molar-refractivity contribution >= 4 is 44.2 Å². The number of carbonyl (C=O) groups excluding carboxylic acids is 1. The Balaban J connectivity index is 0.820. The summed E-state index contributed by atoms with van der Waals surface area (Å²) >= 11 is 0. The Labute approximate surface area is 453 Å². The lowest BCUT2D eigenvalue weighted by Gasteiger charge is -2.58. The number of fused-ring (bicyclic) bond motifs is 3. The van der Waals surface area contributed by atoms with Crippen molar-refractivity contribution < 1.29 is 41.8 Å². The van der Waals surface area contributed by atoms with Crippen LogP contribution in [0.15, 0.2) is 90.2 Å². The van der Waals surface area contributed by atoms with Crippen molar-refractivity contribution in [3.63, 3.8) is 0 Å². The van der Waals surface area contributed by atoms with E-state index in [0.717, 1.165) is 82.6 Å². The van der Waals surface area contributed by atoms with Gasteiger partial charge in [0, 0.05) is 99.7 Å². The topological polar surface area (TPSA) is 231 Å². The summed E-state index contributed by atoms with van der Waals surface area (Å²) in [6, 6.07) is 21.1. The van der Waals surface area contributed by atoms with E-state index in [2.05, 4.69) is 88.9 Å². The molecule has 2 saturated heterocycles. The number of piperazine rings is 1. The first kappa shape index (κ1) is 53.1. The number of aliphatic hydroxyl groups is 1. The number of H-pyrrole nitrogens is 1. The highest BCUT2D eigenvalue weighted by Gasteiger charge is 2.63. The van der Waals surface area contributed by atoms with Gasteiger partial charge in [0.25, 0.3) is 21.8 Å². The molecule has 3 saturated carbocycles. The number of anilines is 2. The van der Waals surface area contributed by atoms with Crippen molar-refractivity contribution in [2.24, 2.45) is 17.3 Å². The molecule has 6 heterocycles. The van der Waals surface area contributed by atoms with Gasteiger partial charge in [0.1, 0.15) is 22.1 Å². The van der Waals surface area contributed by atoms with Crippen LogP contribution in [0, 0.1) is 33.2 Å². The van der Waals surface area contributed by atoms with E-state index < -0.39 is 42.9 Å². The van der Waals surface area contributed by atoms with E-state index in [9.17, 15) is 32.8 Å². The second-order valence-corrected chi connectivity index (χ2v) is 24.3. The Morgan fingerprint density at radius 1 is 1.00 bits per heavy atom. The molecule has 19 nitrogen and oxygen atoms in total. The van der Waals surface area contributed by atoms with Gasteiger partial charge >= 0.3 is 5.69 Å². The largest absolute Gasteiger partial charge is 0.481 e. The number of methoxy groups -OCH3 is 2. The number of carbonyl (C=O) groups is 1. The molecule has 6 aromatic rings. The predicted octanol–water partition coefficient (Wildman–Crippen LogP) is 9.11. The summed E-state index contributed by atoms with van der Waals surface area (Å²) in [5.74, 6) is -0.267. The Morgan fingerprint density at radius 2 is 1.79 bits per heavy atom. The van der Waals surface area contributed by atoms with Crippen molar-refractivity contribution in [1.82, 2.24) is 34.5 Å². The molecule has 0 bridgehead atoms. The number of aromatic nitrogens is 4. The van der Waals surface area contributed by atoms with Crippen LogP contribution >= 0.6 is 0 Å². The molecule has 3 atom stereocenters. The van der Waals surface area contributed by atoms with Crippen LogP contribution in [0.1, 0.15) is 111 Å². The van der Waals surface area contributed by atoms with Gasteiger partial charge in [-0.1, -0.05) is 38.1 Å². The summed E-state index contributed by atoms with van der Waals surface area (Å²) in [4.78, 5) is 48.5. The minimum Gasteiger partial charge on any atom is -0.481 e. The van der Waals surface area contributed by atoms with Gasteiger partial charge in [0.15, 0.2) is 5.75 Å². The fraction of sp³-hybridized carbons (Fsp3) is 0.474. The number of sulfonamides is 1. The second kappa shape index (κ2) is 21.0. The number of rotatable bonds is 17. The van der Waals surface area contributed by atoms with Crippen molar-refractivity contribution in [3.05, 3.63) is 124 Å². The summed E-state index contributed by atoms with van der Waals surface area (Å²) in [6.07, 6.45) is 10.7. The van der Waals surface area contributed by atoms with Crippen LogP contribution in [0.2, 0.25) is 0 Å². The SMILES string of the molecule is COc1cc(CN2CCN(C3CC4(CCN(c5ccc(C(=O)NS(=O)(=O)c6cnc(NCC7CCC(C)(O)CC7)c([N+](=O)[O-])c6)c(Oc6cc7c(F)c[nH]c7nc6OC)c5)C5CC54)C3)[C@H](c3ccccc3C(C)C)C2)ccn1. The van der Waals surface area contributed by atoms with Crippen LogP contribution in [0.5, 0.6) is 23.3 Å². The van der Waals surface area contributed by atoms with Gasteiger partial charge in [-0.05, 0) is 116 Å². The summed E-state index contributed by atoms with van der Waals surface area (Å²) in [7, 11) is -1.73. The molecule has 2 unspecified atom stereocenters. The van der Waals surface area contributed by atoms with E-state index >= 15 is 0 Å². The minimum absolute atomic E-state index is 0.0105. The number of hydrogen-bond donors (Lipinski definition) is 4. The van der Waals surface area contributed by atoms with E-state index in [1.54, 1.807) is 26.2 Å². The van der Waals surface area contributed by atoms with E-state index in [4.69, 9.17) is 14.2 Å². The number of nitrogens with zero attached hydrogens (tertiary/aromatic N) is 7. The smallest absolute Gasteiger partial charge is 0.312 e. The Kier molecular flexibility index (Phi) is 14.3. The number of aromatic amines is 1. The highest BCUT2D eigenvalue weighted by atomic mass is 32.2. The molecule has 21 heteroatoms. The molecular weight excluding hydrogens is 1020 g/mol. The number of halogens is 1. The lowest BCUT2D eigenvalue weighted by Crippen LogP contribution is -2.60. The average Bonchev–Trinajstić information content (AvgIpc) is 4.08. The number of benzene rings is 2. The van der Waals surface area contributed by atoms with Gasteiger partial charge in [0.2, 0.25) is 11.7 Å². The Hall–Kier alpha value is -6.94. The van der Waals surface area contributed by atoms with Crippen LogP contribution in [0.4, 0.5) is 21.6 Å². The molecule has 78 heavy (non-hydrogen) atoms. The van der Waals surface area contributed by atoms with Gasteiger partial charge in [-0.2, -0.15) is 4.98 Å². The maximum absolute atomic E-state index is 15.0. The zero-order chi connectivity index (χ0) is 54.7. The molecule has 11 rings (SSSR count). The van der Waals surface area contributed by atoms with Crippen LogP contribution in [0.3, 0.4) is 0 Å². The number of pyridine rings is 3. The van der Waals surface area contributed by atoms with E-state index in [1.165, 1.54) is 35.9 Å². The van der Waals surface area contributed by atoms with Crippen molar-refractivity contribution in [2.45, 2.75) is 113 Å². The molecule has 2 aromatic carbocycles. The van der Waals surface area contributed by atoms with Gasteiger partial charge in [-0.25, -0.2) is 27.5 Å². The predicted molar refractivity (Wildman–Crippen MR) is 291 cm³/mol. The highest BCUT2D eigenvalue weighted by molar-refractivity contribution is 7.90. The lowest BCUT2D eigenvalue weighted by molar-refractivity contribution is -0.384. The maximum Gasteiger partial charge on any atom is 0.312 e. The zero-order valence-corrected chi connectivity index (χ0v) is 45.4. The van der Waals surface area contributed by atoms with Gasteiger partial charge < -0.3 is 34.5 Å². The third-order valence-electron chi connectivity index (χ3n) is 17.3. The highest BCUT2D eigenvalue weighted by Crippen LogP contribution is 2.65. The minimum atomic E-state index is -4.75. The Morgan fingerprint density at radius 3 is 2.55 bits per heavy atom. The van der Waals surface area contributed by atoms with E-state index in [-0.39, 0.29) is 63.2 Å². The van der Waals surface area contributed by atoms with Crippen molar-refractivity contribution in [2.75, 3.05) is 57.2 Å². The van der Waals surface area contributed by atoms with Crippen LogP contribution in [-0.2, 0) is 16.6 Å². The summed E-state index contributed by atoms with van der Waals surface area (Å²) in [5, 5.41) is 25.7. The number of amides is 1. The number of nitrogens with one attached hydrogen (secondary N) is 3. The third-order valence-corrected chi connectivity index (χ3v) is 18.6. The summed E-state index contributed by atoms with van der Waals surface area (Å²) in [5.41, 5.74) is 3.61. The van der Waals surface area contributed by atoms with E-state index in [0.29, 0.717) is 56.0 Å². The maximum atomic E-state index is 15.0. The molecule has 2 aliphatic heterocycles. The molecular formula is C57H67FN10O9S. The van der Waals surface area contributed by atoms with Crippen molar-refractivity contribution in [3.8, 4) is 23.3 Å². The standard InChI is InChI=1S/C57H67FN10O9S/c1-34(2)40-8-6-7-9-41(40)48-33-65(32-36-14-18-59-51(22-36)75-4)20-21-67(48)38-27-57(28-38)17-19-66(46-26-44(46)57)37-10-11-42(49(23-37)77-50-25-43-45(58)31-62-52(43)63-55(50)76-5)54(69)64-78(73,74)39-24-47(68(71)72)53(61-30-39)60-29-35-12-15-56(3,70)16-13-35/h6-11,14,18,22-25,30-31,34-35,38,44,46,48,70H,12-13,15-17,19-21,26-29,32-33H2,1-5H3,(H,60,61)(H,62,63)(H,64,69)/t35?,38?,44?,46?,48-,56?,57?/m0/s1. The van der Waals surface area contributed by atoms with E-state index in [1.807, 2.05) is 12.3 Å². The molecule has 4 aromatic heterocycles. The van der Waals surface area contributed by atoms with Crippen LogP contribution < -0.4 is 29.1 Å². The first-order valence-electron chi connectivity index (χ1n) is 27.0. The Bertz CT molecular complexity index is 3360. The summed E-state index contributed by atoms with van der Waals surface area (Å²) < 4.78 is 62.3. The second-order valence-electron chi connectivity index (χ2n) is 22.6. The average molecular weight is 1090 g/mol. The normalized spacial score (nSPS) is 25.3. The number of ether oxygens (including phenoxy) is 3. The van der Waals surface area contributed by atoms with Crippen LogP contribution in [0.25, 0.3) is 11.0 Å².